The van der Waals surface area contributed by atoms with Crippen LogP contribution in [0.4, 0.5) is 11.5 Å². The molecule has 21 heavy (non-hydrogen) atoms. The number of pyridine rings is 1. The zero-order valence-electron chi connectivity index (χ0n) is 12.2. The zero-order chi connectivity index (χ0) is 14.7. The van der Waals surface area contributed by atoms with Gasteiger partial charge in [-0.25, -0.2) is 4.98 Å². The molecule has 0 saturated heterocycles. The van der Waals surface area contributed by atoms with Crippen molar-refractivity contribution >= 4 is 17.4 Å². The summed E-state index contributed by atoms with van der Waals surface area (Å²) in [5.41, 5.74) is 2.90. The van der Waals surface area contributed by atoms with Gasteiger partial charge in [-0.05, 0) is 36.6 Å². The molecule has 2 aromatic rings. The molecule has 1 N–H and O–H groups in total. The van der Waals surface area contributed by atoms with Gasteiger partial charge in [0.2, 0.25) is 0 Å². The number of fused-ring (bicyclic) bond motifs is 1. The van der Waals surface area contributed by atoms with Crippen molar-refractivity contribution in [2.45, 2.75) is 19.8 Å². The normalized spacial score (nSPS) is 13.1. The van der Waals surface area contributed by atoms with Crippen molar-refractivity contribution in [2.75, 3.05) is 23.3 Å². The molecule has 0 aliphatic carbocycles. The van der Waals surface area contributed by atoms with Crippen LogP contribution in [0.25, 0.3) is 0 Å². The summed E-state index contributed by atoms with van der Waals surface area (Å²) < 4.78 is 0. The Morgan fingerprint density at radius 2 is 2.14 bits per heavy atom. The van der Waals surface area contributed by atoms with Crippen LogP contribution in [0.15, 0.2) is 42.6 Å². The fraction of sp³-hybridized carbons (Fsp3) is 0.294. The Hall–Kier alpha value is -2.36. The van der Waals surface area contributed by atoms with E-state index in [1.807, 2.05) is 35.2 Å². The molecule has 0 fully saturated rings. The van der Waals surface area contributed by atoms with Gasteiger partial charge in [0, 0.05) is 25.0 Å². The number of para-hydroxylation sites is 1. The van der Waals surface area contributed by atoms with E-state index in [0.29, 0.717) is 11.4 Å². The van der Waals surface area contributed by atoms with Crippen LogP contribution in [0.1, 0.15) is 29.3 Å². The van der Waals surface area contributed by atoms with E-state index in [1.165, 1.54) is 5.56 Å². The molecule has 1 aromatic heterocycles. The second-order valence-corrected chi connectivity index (χ2v) is 5.16. The second-order valence-electron chi connectivity index (χ2n) is 5.16. The number of nitrogens with zero attached hydrogens (tertiary/aromatic N) is 2. The van der Waals surface area contributed by atoms with E-state index < -0.39 is 0 Å². The Bertz CT molecular complexity index is 654. The summed E-state index contributed by atoms with van der Waals surface area (Å²) >= 11 is 0. The van der Waals surface area contributed by atoms with Gasteiger partial charge in [-0.1, -0.05) is 25.1 Å². The van der Waals surface area contributed by atoms with Crippen molar-refractivity contribution < 1.29 is 4.79 Å². The van der Waals surface area contributed by atoms with Crippen molar-refractivity contribution in [1.82, 2.24) is 4.98 Å². The number of carbonyl (C=O) groups is 1. The smallest absolute Gasteiger partial charge is 0.262 e. The first-order valence-corrected chi connectivity index (χ1v) is 7.40. The van der Waals surface area contributed by atoms with Crippen LogP contribution in [0.2, 0.25) is 0 Å². The minimum absolute atomic E-state index is 0.0200. The highest BCUT2D eigenvalue weighted by atomic mass is 16.2. The topological polar surface area (TPSA) is 45.2 Å². The SMILES string of the molecule is CCCNc1ncccc1C(=O)N1CCc2ccccc21. The molecule has 4 heteroatoms. The van der Waals surface area contributed by atoms with Crippen LogP contribution in [0, 0.1) is 0 Å². The molecule has 0 saturated carbocycles. The Morgan fingerprint density at radius 3 is 3.00 bits per heavy atom. The maximum Gasteiger partial charge on any atom is 0.262 e. The number of nitrogens with one attached hydrogen (secondary N) is 1. The van der Waals surface area contributed by atoms with Crippen LogP contribution < -0.4 is 10.2 Å². The van der Waals surface area contributed by atoms with Crippen LogP contribution >= 0.6 is 0 Å². The molecule has 4 nitrogen and oxygen atoms in total. The zero-order valence-corrected chi connectivity index (χ0v) is 12.2. The lowest BCUT2D eigenvalue weighted by molar-refractivity contribution is 0.0990. The first-order valence-electron chi connectivity index (χ1n) is 7.40. The number of rotatable bonds is 4. The molecule has 1 aliphatic heterocycles. The van der Waals surface area contributed by atoms with Gasteiger partial charge in [-0.15, -0.1) is 0 Å². The number of aromatic nitrogens is 1. The maximum atomic E-state index is 12.8. The summed E-state index contributed by atoms with van der Waals surface area (Å²) in [4.78, 5) is 19.0. The van der Waals surface area contributed by atoms with Gasteiger partial charge in [0.1, 0.15) is 5.82 Å². The highest BCUT2D eigenvalue weighted by molar-refractivity contribution is 6.10. The number of hydrogen-bond acceptors (Lipinski definition) is 3. The van der Waals surface area contributed by atoms with Crippen molar-refractivity contribution in [3.63, 3.8) is 0 Å². The van der Waals surface area contributed by atoms with Gasteiger partial charge in [0.15, 0.2) is 0 Å². The summed E-state index contributed by atoms with van der Waals surface area (Å²) in [5, 5.41) is 3.23. The van der Waals surface area contributed by atoms with Gasteiger partial charge in [-0.3, -0.25) is 4.79 Å². The molecule has 0 atom stereocenters. The molecule has 3 rings (SSSR count). The van der Waals surface area contributed by atoms with E-state index in [9.17, 15) is 4.79 Å². The Labute approximate surface area is 124 Å². The van der Waals surface area contributed by atoms with Crippen LogP contribution in [-0.4, -0.2) is 24.0 Å². The van der Waals surface area contributed by atoms with E-state index >= 15 is 0 Å². The van der Waals surface area contributed by atoms with Gasteiger partial charge >= 0.3 is 0 Å². The van der Waals surface area contributed by atoms with Crippen molar-refractivity contribution in [1.29, 1.82) is 0 Å². The molecule has 1 amide bonds. The summed E-state index contributed by atoms with van der Waals surface area (Å²) in [5.74, 6) is 0.695. The van der Waals surface area contributed by atoms with Crippen LogP contribution in [0.3, 0.4) is 0 Å². The van der Waals surface area contributed by atoms with Crippen LogP contribution in [0.5, 0.6) is 0 Å². The lowest BCUT2D eigenvalue weighted by atomic mass is 10.1. The third-order valence-electron chi connectivity index (χ3n) is 3.71. The molecule has 1 aromatic carbocycles. The Balaban J connectivity index is 1.90. The molecule has 1 aliphatic rings. The van der Waals surface area contributed by atoms with Crippen LogP contribution in [-0.2, 0) is 6.42 Å². The first kappa shape index (κ1) is 13.6. The van der Waals surface area contributed by atoms with E-state index in [2.05, 4.69) is 23.3 Å². The van der Waals surface area contributed by atoms with E-state index in [0.717, 1.165) is 31.6 Å². The predicted molar refractivity (Wildman–Crippen MR) is 84.8 cm³/mol. The van der Waals surface area contributed by atoms with Gasteiger partial charge < -0.3 is 10.2 Å². The first-order chi connectivity index (χ1) is 10.3. The monoisotopic (exact) mass is 281 g/mol. The number of anilines is 2. The maximum absolute atomic E-state index is 12.8. The fourth-order valence-corrected chi connectivity index (χ4v) is 2.66. The lowest BCUT2D eigenvalue weighted by Crippen LogP contribution is -2.29. The summed E-state index contributed by atoms with van der Waals surface area (Å²) in [6.45, 7) is 3.64. The largest absolute Gasteiger partial charge is 0.369 e. The molecule has 2 heterocycles. The minimum Gasteiger partial charge on any atom is -0.369 e. The standard InChI is InChI=1S/C17H19N3O/c1-2-10-18-16-14(7-5-11-19-16)17(21)20-12-9-13-6-3-4-8-15(13)20/h3-8,11H,2,9-10,12H2,1H3,(H,18,19). The third-order valence-corrected chi connectivity index (χ3v) is 3.71. The van der Waals surface area contributed by atoms with Crippen molar-refractivity contribution in [3.05, 3.63) is 53.7 Å². The highest BCUT2D eigenvalue weighted by Crippen LogP contribution is 2.29. The Morgan fingerprint density at radius 1 is 1.29 bits per heavy atom. The number of carbonyl (C=O) groups excluding carboxylic acids is 1. The molecule has 108 valence electrons. The van der Waals surface area contributed by atoms with E-state index in [1.54, 1.807) is 6.20 Å². The minimum atomic E-state index is 0.0200. The van der Waals surface area contributed by atoms with Crippen molar-refractivity contribution in [3.8, 4) is 0 Å². The average Bonchev–Trinajstić information content (AvgIpc) is 2.96. The summed E-state index contributed by atoms with van der Waals surface area (Å²) in [7, 11) is 0. The molecule has 0 spiro atoms. The second kappa shape index (κ2) is 5.95. The quantitative estimate of drug-likeness (QED) is 0.936. The Kier molecular flexibility index (Phi) is 3.86. The molecular formula is C17H19N3O. The van der Waals surface area contributed by atoms with Gasteiger partial charge in [-0.2, -0.15) is 0 Å². The molecular weight excluding hydrogens is 262 g/mol. The highest BCUT2D eigenvalue weighted by Gasteiger charge is 2.26. The van der Waals surface area contributed by atoms with E-state index in [-0.39, 0.29) is 5.91 Å². The summed E-state index contributed by atoms with van der Waals surface area (Å²) in [6.07, 6.45) is 3.63. The van der Waals surface area contributed by atoms with Gasteiger partial charge in [0.05, 0.1) is 5.56 Å². The fourth-order valence-electron chi connectivity index (χ4n) is 2.66. The molecule has 0 radical (unpaired) electrons. The van der Waals surface area contributed by atoms with Gasteiger partial charge in [0.25, 0.3) is 5.91 Å². The number of hydrogen-bond donors (Lipinski definition) is 1. The number of amides is 1. The molecule has 0 bridgehead atoms. The van der Waals surface area contributed by atoms with E-state index in [4.69, 9.17) is 0 Å². The summed E-state index contributed by atoms with van der Waals surface area (Å²) in [6, 6.07) is 11.7. The van der Waals surface area contributed by atoms with Crippen molar-refractivity contribution in [2.24, 2.45) is 0 Å². The number of benzene rings is 1. The molecule has 0 unspecified atom stereocenters. The average molecular weight is 281 g/mol. The lowest BCUT2D eigenvalue weighted by Gasteiger charge is -2.19. The third kappa shape index (κ3) is 2.61. The predicted octanol–water partition coefficient (Wildman–Crippen LogP) is 3.11.